The van der Waals surface area contributed by atoms with Crippen molar-refractivity contribution in [2.45, 2.75) is 19.9 Å². The van der Waals surface area contributed by atoms with Crippen LogP contribution in [0.1, 0.15) is 41.6 Å². The van der Waals surface area contributed by atoms with E-state index >= 15 is 0 Å². The lowest BCUT2D eigenvalue weighted by Gasteiger charge is -2.24. The topological polar surface area (TPSA) is 111 Å². The third kappa shape index (κ3) is 4.96. The molecule has 0 amide bonds. The molecule has 2 aromatic carbocycles. The molecule has 0 radical (unpaired) electrons. The first-order valence-corrected chi connectivity index (χ1v) is 13.0. The fourth-order valence-corrected chi connectivity index (χ4v) is 5.60. The standard InChI is InChI=1S/C28H20ClFN2O6S/c1-3-37-27(36)23-14(2)31-28-32(24(23)15-4-7-17(30)8-5-15)25(33)22(39-28)13-18-9-11-21(38-18)16-6-10-19(26(34)35)20(29)12-16/h4-13,24H,3H2,1-2H3,(H,34,35)/b22-13-. The fourth-order valence-electron chi connectivity index (χ4n) is 4.31. The number of aromatic carboxylic acids is 1. The van der Waals surface area contributed by atoms with E-state index in [1.165, 1.54) is 41.0 Å². The minimum absolute atomic E-state index is 0.0264. The summed E-state index contributed by atoms with van der Waals surface area (Å²) in [6.45, 7) is 3.49. The third-order valence-corrected chi connectivity index (χ3v) is 7.38. The lowest BCUT2D eigenvalue weighted by Crippen LogP contribution is -2.39. The van der Waals surface area contributed by atoms with Gasteiger partial charge in [0.05, 0.1) is 39.0 Å². The molecule has 1 aliphatic rings. The maximum Gasteiger partial charge on any atom is 0.338 e. The van der Waals surface area contributed by atoms with E-state index in [4.69, 9.17) is 20.8 Å². The average molecular weight is 567 g/mol. The highest BCUT2D eigenvalue weighted by Crippen LogP contribution is 2.31. The van der Waals surface area contributed by atoms with E-state index in [9.17, 15) is 23.9 Å². The first-order valence-electron chi connectivity index (χ1n) is 11.8. The van der Waals surface area contributed by atoms with Crippen molar-refractivity contribution in [2.24, 2.45) is 4.99 Å². The number of hydrogen-bond donors (Lipinski definition) is 1. The lowest BCUT2D eigenvalue weighted by atomic mass is 9.96. The molecule has 5 rings (SSSR count). The number of carbonyl (C=O) groups excluding carboxylic acids is 1. The molecule has 11 heteroatoms. The number of halogens is 2. The van der Waals surface area contributed by atoms with Crippen LogP contribution < -0.4 is 14.9 Å². The molecule has 0 spiro atoms. The Morgan fingerprint density at radius 1 is 1.21 bits per heavy atom. The van der Waals surface area contributed by atoms with E-state index in [0.717, 1.165) is 11.3 Å². The number of carboxylic acid groups (broad SMARTS) is 1. The number of carbonyl (C=O) groups is 2. The molecule has 0 saturated carbocycles. The number of furan rings is 1. The molecular weight excluding hydrogens is 547 g/mol. The average Bonchev–Trinajstić information content (AvgIpc) is 3.48. The van der Waals surface area contributed by atoms with Gasteiger partial charge in [-0.25, -0.2) is 19.0 Å². The van der Waals surface area contributed by atoms with Crippen molar-refractivity contribution in [2.75, 3.05) is 6.61 Å². The van der Waals surface area contributed by atoms with Crippen LogP contribution >= 0.6 is 22.9 Å². The van der Waals surface area contributed by atoms with Gasteiger partial charge in [-0.3, -0.25) is 9.36 Å². The van der Waals surface area contributed by atoms with Crippen molar-refractivity contribution in [3.05, 3.63) is 113 Å². The van der Waals surface area contributed by atoms with Crippen LogP contribution in [0, 0.1) is 5.82 Å². The Hall–Kier alpha value is -4.28. The van der Waals surface area contributed by atoms with Gasteiger partial charge in [0.2, 0.25) is 0 Å². The molecule has 3 heterocycles. The molecule has 1 aliphatic heterocycles. The van der Waals surface area contributed by atoms with Crippen LogP contribution in [0.3, 0.4) is 0 Å². The highest BCUT2D eigenvalue weighted by molar-refractivity contribution is 7.07. The van der Waals surface area contributed by atoms with Gasteiger partial charge in [0.15, 0.2) is 4.80 Å². The van der Waals surface area contributed by atoms with Gasteiger partial charge in [-0.15, -0.1) is 0 Å². The number of hydrogen-bond acceptors (Lipinski definition) is 7. The van der Waals surface area contributed by atoms with Crippen LogP contribution in [0.25, 0.3) is 17.4 Å². The minimum Gasteiger partial charge on any atom is -0.478 e. The zero-order valence-electron chi connectivity index (χ0n) is 20.6. The molecule has 198 valence electrons. The van der Waals surface area contributed by atoms with Crippen LogP contribution in [-0.2, 0) is 9.53 Å². The SMILES string of the molecule is CCOC(=O)C1=C(C)N=c2s/c(=C\c3ccc(-c4ccc(C(=O)O)c(Cl)c4)o3)c(=O)n2C1c1ccc(F)cc1. The van der Waals surface area contributed by atoms with E-state index in [-0.39, 0.29) is 22.8 Å². The van der Waals surface area contributed by atoms with Gasteiger partial charge in [-0.05, 0) is 55.8 Å². The molecule has 0 saturated heterocycles. The number of rotatable bonds is 6. The molecule has 1 N–H and O–H groups in total. The Morgan fingerprint density at radius 3 is 2.62 bits per heavy atom. The Morgan fingerprint density at radius 2 is 1.95 bits per heavy atom. The van der Waals surface area contributed by atoms with E-state index in [1.54, 1.807) is 38.1 Å². The van der Waals surface area contributed by atoms with Gasteiger partial charge in [0.1, 0.15) is 17.3 Å². The molecule has 2 aromatic heterocycles. The Balaban J connectivity index is 1.60. The fraction of sp³-hybridized carbons (Fsp3) is 0.143. The minimum atomic E-state index is -1.14. The Labute approximate surface area is 229 Å². The normalized spacial score (nSPS) is 15.2. The summed E-state index contributed by atoms with van der Waals surface area (Å²) in [7, 11) is 0. The van der Waals surface area contributed by atoms with E-state index in [1.807, 2.05) is 0 Å². The zero-order valence-corrected chi connectivity index (χ0v) is 22.2. The van der Waals surface area contributed by atoms with Gasteiger partial charge in [-0.1, -0.05) is 41.1 Å². The van der Waals surface area contributed by atoms with Crippen molar-refractivity contribution in [1.29, 1.82) is 0 Å². The summed E-state index contributed by atoms with van der Waals surface area (Å²) in [6.07, 6.45) is 1.56. The predicted molar refractivity (Wildman–Crippen MR) is 143 cm³/mol. The quantitative estimate of drug-likeness (QED) is 0.343. The molecule has 0 aliphatic carbocycles. The largest absolute Gasteiger partial charge is 0.478 e. The first kappa shape index (κ1) is 26.3. The molecule has 1 atom stereocenters. The third-order valence-electron chi connectivity index (χ3n) is 6.09. The van der Waals surface area contributed by atoms with Crippen LogP contribution in [-0.4, -0.2) is 28.2 Å². The van der Waals surface area contributed by atoms with Crippen molar-refractivity contribution >= 4 is 41.0 Å². The summed E-state index contributed by atoms with van der Waals surface area (Å²) in [5.74, 6) is -1.39. The van der Waals surface area contributed by atoms with Crippen LogP contribution in [0.4, 0.5) is 4.39 Å². The number of nitrogens with zero attached hydrogens (tertiary/aromatic N) is 2. The number of allylic oxidation sites excluding steroid dienone is 1. The maximum atomic E-state index is 13.7. The number of benzene rings is 2. The number of fused-ring (bicyclic) bond motifs is 1. The smallest absolute Gasteiger partial charge is 0.338 e. The van der Waals surface area contributed by atoms with E-state index in [0.29, 0.717) is 37.7 Å². The molecule has 1 unspecified atom stereocenters. The van der Waals surface area contributed by atoms with Crippen molar-refractivity contribution in [1.82, 2.24) is 4.57 Å². The van der Waals surface area contributed by atoms with Gasteiger partial charge in [-0.2, -0.15) is 0 Å². The first-order chi connectivity index (χ1) is 18.7. The second kappa shape index (κ2) is 10.5. The Kier molecular flexibility index (Phi) is 7.07. The van der Waals surface area contributed by atoms with Crippen LogP contribution in [0.5, 0.6) is 0 Å². The maximum absolute atomic E-state index is 13.7. The summed E-state index contributed by atoms with van der Waals surface area (Å²) >= 11 is 7.21. The van der Waals surface area contributed by atoms with Gasteiger partial charge in [0.25, 0.3) is 5.56 Å². The summed E-state index contributed by atoms with van der Waals surface area (Å²) in [5.41, 5.74) is 1.26. The summed E-state index contributed by atoms with van der Waals surface area (Å²) < 4.78 is 26.5. The second-order valence-corrected chi connectivity index (χ2v) is 9.97. The zero-order chi connectivity index (χ0) is 27.8. The van der Waals surface area contributed by atoms with Gasteiger partial charge >= 0.3 is 11.9 Å². The monoisotopic (exact) mass is 566 g/mol. The number of aromatic nitrogens is 1. The number of esters is 1. The van der Waals surface area contributed by atoms with E-state index < -0.39 is 29.4 Å². The van der Waals surface area contributed by atoms with Gasteiger partial charge in [0, 0.05) is 11.6 Å². The van der Waals surface area contributed by atoms with Gasteiger partial charge < -0.3 is 14.3 Å². The van der Waals surface area contributed by atoms with Crippen molar-refractivity contribution in [3.63, 3.8) is 0 Å². The predicted octanol–water partition coefficient (Wildman–Crippen LogP) is 4.55. The summed E-state index contributed by atoms with van der Waals surface area (Å²) in [5, 5.41) is 9.26. The molecule has 8 nitrogen and oxygen atoms in total. The molecule has 0 bridgehead atoms. The summed E-state index contributed by atoms with van der Waals surface area (Å²) in [4.78, 5) is 42.7. The highest BCUT2D eigenvalue weighted by Gasteiger charge is 2.33. The number of carboxylic acids is 1. The van der Waals surface area contributed by atoms with Crippen molar-refractivity contribution < 1.29 is 28.2 Å². The number of ether oxygens (including phenoxy) is 1. The van der Waals surface area contributed by atoms with Crippen molar-refractivity contribution in [3.8, 4) is 11.3 Å². The number of thiazole rings is 1. The molecule has 39 heavy (non-hydrogen) atoms. The molecule has 0 fully saturated rings. The lowest BCUT2D eigenvalue weighted by molar-refractivity contribution is -0.139. The Bertz CT molecular complexity index is 1830. The summed E-state index contributed by atoms with van der Waals surface area (Å²) in [6, 6.07) is 12.5. The molecule has 4 aromatic rings. The van der Waals surface area contributed by atoms with Crippen LogP contribution in [0.15, 0.2) is 80.1 Å². The molecular formula is C28H20ClFN2O6S. The van der Waals surface area contributed by atoms with Crippen LogP contribution in [0.2, 0.25) is 5.02 Å². The second-order valence-electron chi connectivity index (χ2n) is 8.56. The highest BCUT2D eigenvalue weighted by atomic mass is 35.5. The van der Waals surface area contributed by atoms with E-state index in [2.05, 4.69) is 4.99 Å².